The highest BCUT2D eigenvalue weighted by molar-refractivity contribution is 5.91. The molecule has 2 atom stereocenters. The molecule has 0 aromatic rings. The molecule has 0 saturated carbocycles. The molecule has 1 aliphatic heterocycles. The number of carbonyl (C=O) groups is 2. The largest absolute Gasteiger partial charge is 0.453 e. The second kappa shape index (κ2) is 6.18. The van der Waals surface area contributed by atoms with Crippen LogP contribution in [0.2, 0.25) is 0 Å². The van der Waals surface area contributed by atoms with Crippen molar-refractivity contribution >= 4 is 11.9 Å². The Morgan fingerprint density at radius 2 is 2.06 bits per heavy atom. The molecule has 1 heterocycles. The van der Waals surface area contributed by atoms with Crippen molar-refractivity contribution < 1.29 is 19.1 Å². The maximum Gasteiger partial charge on any atom is 0.407 e. The minimum absolute atomic E-state index is 0.0170. The summed E-state index contributed by atoms with van der Waals surface area (Å²) in [6, 6.07) is -0.530. The SMILES string of the molecule is COC(=O)NC(C(=O)C(C)(C)C)C1CCCOC1. The lowest BCUT2D eigenvalue weighted by molar-refractivity contribution is -0.131. The summed E-state index contributed by atoms with van der Waals surface area (Å²) in [5.41, 5.74) is -0.497. The van der Waals surface area contributed by atoms with Crippen molar-refractivity contribution in [3.8, 4) is 0 Å². The van der Waals surface area contributed by atoms with E-state index >= 15 is 0 Å². The molecule has 0 radical (unpaired) electrons. The topological polar surface area (TPSA) is 64.6 Å². The molecule has 5 nitrogen and oxygen atoms in total. The van der Waals surface area contributed by atoms with Crippen molar-refractivity contribution in [3.63, 3.8) is 0 Å². The van der Waals surface area contributed by atoms with Gasteiger partial charge in [0.2, 0.25) is 0 Å². The van der Waals surface area contributed by atoms with Gasteiger partial charge in [-0.2, -0.15) is 0 Å². The van der Waals surface area contributed by atoms with Gasteiger partial charge < -0.3 is 14.8 Å². The Morgan fingerprint density at radius 3 is 2.50 bits per heavy atom. The molecule has 2 unspecified atom stereocenters. The summed E-state index contributed by atoms with van der Waals surface area (Å²) in [5.74, 6) is 0.0491. The van der Waals surface area contributed by atoms with Gasteiger partial charge in [-0.15, -0.1) is 0 Å². The number of Topliss-reactive ketones (excluding diaryl/α,β-unsaturated/α-hetero) is 1. The lowest BCUT2D eigenvalue weighted by atomic mass is 9.80. The van der Waals surface area contributed by atoms with E-state index in [0.717, 1.165) is 19.4 Å². The van der Waals surface area contributed by atoms with Crippen LogP contribution >= 0.6 is 0 Å². The van der Waals surface area contributed by atoms with Crippen molar-refractivity contribution in [1.82, 2.24) is 5.32 Å². The number of ether oxygens (including phenoxy) is 2. The second-order valence-corrected chi connectivity index (χ2v) is 5.71. The Hall–Kier alpha value is -1.10. The molecule has 1 aliphatic rings. The first-order chi connectivity index (χ1) is 8.36. The van der Waals surface area contributed by atoms with Crippen LogP contribution in [0.1, 0.15) is 33.6 Å². The van der Waals surface area contributed by atoms with Gasteiger partial charge in [-0.25, -0.2) is 4.79 Å². The van der Waals surface area contributed by atoms with E-state index in [0.29, 0.717) is 6.61 Å². The van der Waals surface area contributed by atoms with Gasteiger partial charge in [0.25, 0.3) is 0 Å². The average molecular weight is 257 g/mol. The van der Waals surface area contributed by atoms with Crippen LogP contribution in [-0.2, 0) is 14.3 Å². The minimum atomic E-state index is -0.567. The minimum Gasteiger partial charge on any atom is -0.453 e. The summed E-state index contributed by atoms with van der Waals surface area (Å²) >= 11 is 0. The highest BCUT2D eigenvalue weighted by Crippen LogP contribution is 2.25. The number of hydrogen-bond acceptors (Lipinski definition) is 4. The van der Waals surface area contributed by atoms with Crippen LogP contribution in [0.5, 0.6) is 0 Å². The molecule has 1 rings (SSSR count). The van der Waals surface area contributed by atoms with Gasteiger partial charge >= 0.3 is 6.09 Å². The van der Waals surface area contributed by atoms with Gasteiger partial charge in [0, 0.05) is 17.9 Å². The Kier molecular flexibility index (Phi) is 5.14. The van der Waals surface area contributed by atoms with Gasteiger partial charge in [-0.05, 0) is 12.8 Å². The van der Waals surface area contributed by atoms with E-state index < -0.39 is 17.6 Å². The quantitative estimate of drug-likeness (QED) is 0.836. The van der Waals surface area contributed by atoms with Crippen LogP contribution in [0.4, 0.5) is 4.79 Å². The third-order valence-corrected chi connectivity index (χ3v) is 3.15. The molecule has 0 aliphatic carbocycles. The summed E-state index contributed by atoms with van der Waals surface area (Å²) in [6.07, 6.45) is 1.24. The van der Waals surface area contributed by atoms with Gasteiger partial charge in [0.05, 0.1) is 19.8 Å². The Morgan fingerprint density at radius 1 is 1.39 bits per heavy atom. The zero-order valence-corrected chi connectivity index (χ0v) is 11.6. The number of amides is 1. The van der Waals surface area contributed by atoms with Crippen LogP contribution in [0.15, 0.2) is 0 Å². The summed E-state index contributed by atoms with van der Waals surface area (Å²) in [4.78, 5) is 23.8. The average Bonchev–Trinajstić information content (AvgIpc) is 2.34. The van der Waals surface area contributed by atoms with Crippen molar-refractivity contribution in [2.75, 3.05) is 20.3 Å². The number of nitrogens with one attached hydrogen (secondary N) is 1. The summed E-state index contributed by atoms with van der Waals surface area (Å²) < 4.78 is 9.99. The molecule has 1 amide bonds. The molecule has 1 N–H and O–H groups in total. The van der Waals surface area contributed by atoms with Crippen molar-refractivity contribution in [2.45, 2.75) is 39.7 Å². The van der Waals surface area contributed by atoms with Gasteiger partial charge in [-0.3, -0.25) is 4.79 Å². The molecule has 18 heavy (non-hydrogen) atoms. The van der Waals surface area contributed by atoms with E-state index in [1.54, 1.807) is 0 Å². The van der Waals surface area contributed by atoms with Crippen LogP contribution in [0.3, 0.4) is 0 Å². The lowest BCUT2D eigenvalue weighted by Gasteiger charge is -2.33. The maximum atomic E-state index is 12.4. The Balaban J connectivity index is 2.79. The highest BCUT2D eigenvalue weighted by atomic mass is 16.5. The summed E-state index contributed by atoms with van der Waals surface area (Å²) in [5, 5.41) is 2.65. The molecule has 5 heteroatoms. The fourth-order valence-electron chi connectivity index (χ4n) is 2.08. The molecule has 104 valence electrons. The Labute approximate surface area is 108 Å². The maximum absolute atomic E-state index is 12.4. The number of hydrogen-bond donors (Lipinski definition) is 1. The molecule has 0 bridgehead atoms. The number of carbonyl (C=O) groups excluding carboxylic acids is 2. The van der Waals surface area contributed by atoms with E-state index in [-0.39, 0.29) is 11.7 Å². The first-order valence-corrected chi connectivity index (χ1v) is 6.33. The monoisotopic (exact) mass is 257 g/mol. The van der Waals surface area contributed by atoms with E-state index in [1.807, 2.05) is 20.8 Å². The molecule has 1 saturated heterocycles. The van der Waals surface area contributed by atoms with Crippen LogP contribution < -0.4 is 5.32 Å². The normalized spacial score (nSPS) is 22.1. The van der Waals surface area contributed by atoms with E-state index in [1.165, 1.54) is 7.11 Å². The Bertz CT molecular complexity index is 303. The third-order valence-electron chi connectivity index (χ3n) is 3.15. The molecule has 1 fully saturated rings. The van der Waals surface area contributed by atoms with Crippen molar-refractivity contribution in [3.05, 3.63) is 0 Å². The smallest absolute Gasteiger partial charge is 0.407 e. The fraction of sp³-hybridized carbons (Fsp3) is 0.846. The lowest BCUT2D eigenvalue weighted by Crippen LogP contribution is -2.51. The molecular weight excluding hydrogens is 234 g/mol. The van der Waals surface area contributed by atoms with E-state index in [4.69, 9.17) is 4.74 Å². The number of rotatable bonds is 3. The third kappa shape index (κ3) is 3.98. The number of methoxy groups -OCH3 is 1. The van der Waals surface area contributed by atoms with Crippen LogP contribution in [0, 0.1) is 11.3 Å². The zero-order chi connectivity index (χ0) is 13.8. The van der Waals surface area contributed by atoms with Crippen LogP contribution in [0.25, 0.3) is 0 Å². The summed E-state index contributed by atoms with van der Waals surface area (Å²) in [7, 11) is 1.30. The predicted octanol–water partition coefficient (Wildman–Crippen LogP) is 1.75. The van der Waals surface area contributed by atoms with Crippen molar-refractivity contribution in [2.24, 2.45) is 11.3 Å². The zero-order valence-electron chi connectivity index (χ0n) is 11.6. The molecule has 0 aromatic carbocycles. The van der Waals surface area contributed by atoms with Gasteiger partial charge in [0.15, 0.2) is 5.78 Å². The first-order valence-electron chi connectivity index (χ1n) is 6.33. The molecule has 0 aromatic heterocycles. The fourth-order valence-corrected chi connectivity index (χ4v) is 2.08. The van der Waals surface area contributed by atoms with Gasteiger partial charge in [0.1, 0.15) is 0 Å². The van der Waals surface area contributed by atoms with E-state index in [2.05, 4.69) is 10.1 Å². The summed E-state index contributed by atoms with van der Waals surface area (Å²) in [6.45, 7) is 6.79. The van der Waals surface area contributed by atoms with Crippen molar-refractivity contribution in [1.29, 1.82) is 0 Å². The standard InChI is InChI=1S/C13H23NO4/c1-13(2,3)11(15)10(14-12(16)17-4)9-6-5-7-18-8-9/h9-10H,5-8H2,1-4H3,(H,14,16). The number of ketones is 1. The molecular formula is C13H23NO4. The van der Waals surface area contributed by atoms with Gasteiger partial charge in [-0.1, -0.05) is 20.8 Å². The number of alkyl carbamates (subject to hydrolysis) is 1. The molecule has 0 spiro atoms. The van der Waals surface area contributed by atoms with E-state index in [9.17, 15) is 9.59 Å². The predicted molar refractivity (Wildman–Crippen MR) is 67.3 cm³/mol. The first kappa shape index (κ1) is 15.0. The second-order valence-electron chi connectivity index (χ2n) is 5.71. The highest BCUT2D eigenvalue weighted by Gasteiger charge is 2.37. The van der Waals surface area contributed by atoms with Crippen LogP contribution in [-0.4, -0.2) is 38.2 Å².